The van der Waals surface area contributed by atoms with E-state index in [9.17, 15) is 4.79 Å². The van der Waals surface area contributed by atoms with Crippen molar-refractivity contribution in [3.8, 4) is 0 Å². The van der Waals surface area contributed by atoms with Gasteiger partial charge in [-0.15, -0.1) is 0 Å². The van der Waals surface area contributed by atoms with E-state index in [4.69, 9.17) is 0 Å². The lowest BCUT2D eigenvalue weighted by atomic mass is 9.81. The Hall–Kier alpha value is -1.37. The van der Waals surface area contributed by atoms with E-state index < -0.39 is 0 Å². The lowest BCUT2D eigenvalue weighted by molar-refractivity contribution is -0.114. The van der Waals surface area contributed by atoms with Crippen LogP contribution in [0.5, 0.6) is 0 Å². The minimum Gasteiger partial charge on any atom is -0.295 e. The quantitative estimate of drug-likeness (QED) is 0.616. The molecule has 0 aromatic heterocycles. The SMILES string of the molecule is C=C1C[C@](C)(c2ccccc2)CC1=O. The predicted octanol–water partition coefficient (Wildman–Crippen LogP) is 2.86. The van der Waals surface area contributed by atoms with E-state index in [1.54, 1.807) is 0 Å². The number of hydrogen-bond donors (Lipinski definition) is 0. The highest BCUT2D eigenvalue weighted by molar-refractivity contribution is 5.98. The molecule has 1 aromatic carbocycles. The standard InChI is InChI=1S/C13H14O/c1-10-8-13(2,9-12(10)14)11-6-4-3-5-7-11/h3-7H,1,8-9H2,2H3/t13-/m0/s1. The minimum atomic E-state index is -0.0184. The van der Waals surface area contributed by atoms with Crippen LogP contribution in [0.4, 0.5) is 0 Å². The summed E-state index contributed by atoms with van der Waals surface area (Å²) in [5.74, 6) is 0.219. The van der Waals surface area contributed by atoms with Crippen molar-refractivity contribution in [2.75, 3.05) is 0 Å². The third-order valence-electron chi connectivity index (χ3n) is 3.02. The average molecular weight is 186 g/mol. The van der Waals surface area contributed by atoms with Crippen molar-refractivity contribution in [2.45, 2.75) is 25.2 Å². The number of carbonyl (C=O) groups excluding carboxylic acids is 1. The van der Waals surface area contributed by atoms with Crippen LogP contribution in [0.3, 0.4) is 0 Å². The molecule has 1 heteroatoms. The summed E-state index contributed by atoms with van der Waals surface area (Å²) in [7, 11) is 0. The zero-order valence-electron chi connectivity index (χ0n) is 8.42. The molecule has 1 aliphatic rings. The lowest BCUT2D eigenvalue weighted by Gasteiger charge is -2.22. The summed E-state index contributed by atoms with van der Waals surface area (Å²) in [5, 5.41) is 0. The van der Waals surface area contributed by atoms with Gasteiger partial charge in [0, 0.05) is 11.8 Å². The summed E-state index contributed by atoms with van der Waals surface area (Å²) >= 11 is 0. The van der Waals surface area contributed by atoms with Crippen molar-refractivity contribution in [1.29, 1.82) is 0 Å². The maximum atomic E-state index is 11.5. The Morgan fingerprint density at radius 2 is 1.86 bits per heavy atom. The molecule has 1 atom stereocenters. The van der Waals surface area contributed by atoms with Crippen molar-refractivity contribution >= 4 is 5.78 Å². The molecule has 1 nitrogen and oxygen atoms in total. The Balaban J connectivity index is 2.36. The van der Waals surface area contributed by atoms with Gasteiger partial charge in [0.15, 0.2) is 5.78 Å². The first kappa shape index (κ1) is 9.20. The fourth-order valence-corrected chi connectivity index (χ4v) is 2.16. The average Bonchev–Trinajstić information content (AvgIpc) is 2.44. The smallest absolute Gasteiger partial charge is 0.159 e. The van der Waals surface area contributed by atoms with Gasteiger partial charge < -0.3 is 0 Å². The van der Waals surface area contributed by atoms with Crippen LogP contribution in [0, 0.1) is 0 Å². The van der Waals surface area contributed by atoms with Crippen LogP contribution >= 0.6 is 0 Å². The van der Waals surface area contributed by atoms with Crippen LogP contribution < -0.4 is 0 Å². The van der Waals surface area contributed by atoms with E-state index in [0.717, 1.165) is 12.0 Å². The maximum absolute atomic E-state index is 11.5. The molecular formula is C13H14O. The Kier molecular flexibility index (Phi) is 2.03. The van der Waals surface area contributed by atoms with E-state index in [0.29, 0.717) is 6.42 Å². The molecule has 0 amide bonds. The molecule has 1 saturated carbocycles. The first-order valence-corrected chi connectivity index (χ1v) is 4.88. The molecule has 0 N–H and O–H groups in total. The van der Waals surface area contributed by atoms with Gasteiger partial charge in [-0.3, -0.25) is 4.79 Å². The number of rotatable bonds is 1. The van der Waals surface area contributed by atoms with E-state index in [1.807, 2.05) is 18.2 Å². The Bertz CT molecular complexity index is 359. The summed E-state index contributed by atoms with van der Waals surface area (Å²) in [4.78, 5) is 11.5. The summed E-state index contributed by atoms with van der Waals surface area (Å²) in [6.07, 6.45) is 1.41. The largest absolute Gasteiger partial charge is 0.295 e. The van der Waals surface area contributed by atoms with Gasteiger partial charge in [-0.1, -0.05) is 43.8 Å². The van der Waals surface area contributed by atoms with E-state index >= 15 is 0 Å². The molecule has 1 aromatic rings. The van der Waals surface area contributed by atoms with E-state index in [1.165, 1.54) is 5.56 Å². The van der Waals surface area contributed by atoms with Crippen molar-refractivity contribution in [3.63, 3.8) is 0 Å². The van der Waals surface area contributed by atoms with Crippen LogP contribution in [0.1, 0.15) is 25.3 Å². The molecule has 0 unspecified atom stereocenters. The van der Waals surface area contributed by atoms with Crippen molar-refractivity contribution in [1.82, 2.24) is 0 Å². The maximum Gasteiger partial charge on any atom is 0.159 e. The summed E-state index contributed by atoms with van der Waals surface area (Å²) in [6.45, 7) is 5.94. The molecule has 0 saturated heterocycles. The van der Waals surface area contributed by atoms with Crippen LogP contribution in [-0.2, 0) is 10.2 Å². The van der Waals surface area contributed by atoms with Gasteiger partial charge in [-0.2, -0.15) is 0 Å². The molecule has 0 spiro atoms. The highest BCUT2D eigenvalue weighted by Crippen LogP contribution is 2.40. The predicted molar refractivity (Wildman–Crippen MR) is 57.2 cm³/mol. The zero-order chi connectivity index (χ0) is 10.2. The molecular weight excluding hydrogens is 172 g/mol. The Morgan fingerprint density at radius 3 is 2.36 bits per heavy atom. The van der Waals surface area contributed by atoms with Gasteiger partial charge in [0.05, 0.1) is 0 Å². The third kappa shape index (κ3) is 1.39. The number of benzene rings is 1. The third-order valence-corrected chi connectivity index (χ3v) is 3.02. The highest BCUT2D eigenvalue weighted by atomic mass is 16.1. The molecule has 2 rings (SSSR count). The van der Waals surface area contributed by atoms with Crippen molar-refractivity contribution < 1.29 is 4.79 Å². The molecule has 0 heterocycles. The summed E-state index contributed by atoms with van der Waals surface area (Å²) < 4.78 is 0. The van der Waals surface area contributed by atoms with Crippen LogP contribution in [0.15, 0.2) is 42.5 Å². The molecule has 0 bridgehead atoms. The van der Waals surface area contributed by atoms with Gasteiger partial charge in [-0.05, 0) is 17.6 Å². The van der Waals surface area contributed by atoms with Gasteiger partial charge in [0.2, 0.25) is 0 Å². The first-order valence-electron chi connectivity index (χ1n) is 4.88. The Morgan fingerprint density at radius 1 is 1.21 bits per heavy atom. The number of allylic oxidation sites excluding steroid dienone is 1. The molecule has 1 aliphatic carbocycles. The summed E-state index contributed by atoms with van der Waals surface area (Å²) in [5.41, 5.74) is 2.00. The van der Waals surface area contributed by atoms with Crippen LogP contribution in [0.2, 0.25) is 0 Å². The number of ketones is 1. The van der Waals surface area contributed by atoms with Gasteiger partial charge in [0.1, 0.15) is 0 Å². The Labute approximate surface area is 84.5 Å². The second-order valence-corrected chi connectivity index (χ2v) is 4.31. The second kappa shape index (κ2) is 3.09. The normalized spacial score (nSPS) is 26.9. The fraction of sp³-hybridized carbons (Fsp3) is 0.308. The monoisotopic (exact) mass is 186 g/mol. The molecule has 0 radical (unpaired) electrons. The fourth-order valence-electron chi connectivity index (χ4n) is 2.16. The second-order valence-electron chi connectivity index (χ2n) is 4.31. The number of carbonyl (C=O) groups is 1. The van der Waals surface area contributed by atoms with Gasteiger partial charge in [0.25, 0.3) is 0 Å². The van der Waals surface area contributed by atoms with Crippen molar-refractivity contribution in [3.05, 3.63) is 48.0 Å². The molecule has 1 fully saturated rings. The van der Waals surface area contributed by atoms with Crippen molar-refractivity contribution in [2.24, 2.45) is 0 Å². The van der Waals surface area contributed by atoms with Crippen LogP contribution in [-0.4, -0.2) is 5.78 Å². The molecule has 14 heavy (non-hydrogen) atoms. The number of Topliss-reactive ketones (excluding diaryl/α,β-unsaturated/α-hetero) is 1. The van der Waals surface area contributed by atoms with E-state index in [2.05, 4.69) is 25.6 Å². The topological polar surface area (TPSA) is 17.1 Å². The first-order chi connectivity index (χ1) is 6.62. The molecule has 72 valence electrons. The summed E-state index contributed by atoms with van der Waals surface area (Å²) in [6, 6.07) is 10.2. The lowest BCUT2D eigenvalue weighted by Crippen LogP contribution is -2.17. The van der Waals surface area contributed by atoms with E-state index in [-0.39, 0.29) is 11.2 Å². The minimum absolute atomic E-state index is 0.0184. The highest BCUT2D eigenvalue weighted by Gasteiger charge is 2.37. The van der Waals surface area contributed by atoms with Gasteiger partial charge >= 0.3 is 0 Å². The van der Waals surface area contributed by atoms with Crippen LogP contribution in [0.25, 0.3) is 0 Å². The van der Waals surface area contributed by atoms with Gasteiger partial charge in [-0.25, -0.2) is 0 Å². The zero-order valence-corrected chi connectivity index (χ0v) is 8.42. The molecule has 0 aliphatic heterocycles. The number of hydrogen-bond acceptors (Lipinski definition) is 1.